The van der Waals surface area contributed by atoms with E-state index in [0.29, 0.717) is 12.1 Å². The molecule has 0 saturated heterocycles. The van der Waals surface area contributed by atoms with Crippen molar-refractivity contribution in [2.45, 2.75) is 37.6 Å². The van der Waals surface area contributed by atoms with Crippen LogP contribution in [0.2, 0.25) is 0 Å². The van der Waals surface area contributed by atoms with E-state index in [2.05, 4.69) is 41.3 Å². The van der Waals surface area contributed by atoms with Crippen molar-refractivity contribution in [3.8, 4) is 0 Å². The minimum atomic E-state index is -3.50. The van der Waals surface area contributed by atoms with Crippen molar-refractivity contribution in [3.63, 3.8) is 0 Å². The van der Waals surface area contributed by atoms with Gasteiger partial charge in [0, 0.05) is 18.5 Å². The predicted molar refractivity (Wildman–Crippen MR) is 107 cm³/mol. The molecular weight excluding hydrogens is 362 g/mol. The van der Waals surface area contributed by atoms with Gasteiger partial charge in [-0.05, 0) is 37.2 Å². The number of carbonyl (C=O) groups is 1. The fraction of sp³-hybridized carbons (Fsp3) is 0.350. The summed E-state index contributed by atoms with van der Waals surface area (Å²) in [4.78, 5) is 12.3. The number of aryl methyl sites for hydroxylation is 1. The van der Waals surface area contributed by atoms with Gasteiger partial charge in [-0.2, -0.15) is 0 Å². The molecule has 27 heavy (non-hydrogen) atoms. The van der Waals surface area contributed by atoms with E-state index < -0.39 is 10.0 Å². The zero-order chi connectivity index (χ0) is 20.1. The van der Waals surface area contributed by atoms with E-state index in [0.717, 1.165) is 5.56 Å². The number of hydrogen-bond donors (Lipinski definition) is 3. The summed E-state index contributed by atoms with van der Waals surface area (Å²) < 4.78 is 26.0. The molecule has 0 fully saturated rings. The average molecular weight is 390 g/mol. The summed E-state index contributed by atoms with van der Waals surface area (Å²) in [5.41, 5.74) is 2.85. The maximum Gasteiger partial charge on any atom is 0.315 e. The van der Waals surface area contributed by atoms with Crippen LogP contribution in [0.15, 0.2) is 53.4 Å². The van der Waals surface area contributed by atoms with E-state index in [1.165, 1.54) is 18.7 Å². The van der Waals surface area contributed by atoms with Crippen LogP contribution >= 0.6 is 0 Å². The van der Waals surface area contributed by atoms with E-state index in [1.807, 2.05) is 19.1 Å². The van der Waals surface area contributed by atoms with Gasteiger partial charge in [0.25, 0.3) is 0 Å². The first kappa shape index (κ1) is 20.9. The highest BCUT2D eigenvalue weighted by atomic mass is 32.2. The van der Waals surface area contributed by atoms with Crippen molar-refractivity contribution in [2.75, 3.05) is 13.6 Å². The summed E-state index contributed by atoms with van der Waals surface area (Å²) in [7, 11) is -2.14. The highest BCUT2D eigenvalue weighted by Gasteiger charge is 2.21. The first-order chi connectivity index (χ1) is 12.6. The molecule has 0 heterocycles. The Labute approximate surface area is 161 Å². The van der Waals surface area contributed by atoms with Gasteiger partial charge < -0.3 is 10.6 Å². The van der Waals surface area contributed by atoms with E-state index in [-0.39, 0.29) is 22.9 Å². The van der Waals surface area contributed by atoms with Crippen molar-refractivity contribution in [2.24, 2.45) is 0 Å². The molecule has 0 bridgehead atoms. The van der Waals surface area contributed by atoms with Gasteiger partial charge in [-0.25, -0.2) is 17.9 Å². The van der Waals surface area contributed by atoms with Crippen LogP contribution in [0.1, 0.15) is 30.5 Å². The Balaban J connectivity index is 1.92. The van der Waals surface area contributed by atoms with Gasteiger partial charge >= 0.3 is 6.03 Å². The number of rotatable bonds is 7. The van der Waals surface area contributed by atoms with Crippen LogP contribution in [-0.2, 0) is 22.0 Å². The molecule has 0 spiro atoms. The maximum absolute atomic E-state index is 12.1. The predicted octanol–water partition coefficient (Wildman–Crippen LogP) is 2.68. The lowest BCUT2D eigenvalue weighted by molar-refractivity contribution is 0.238. The molecule has 6 nitrogen and oxygen atoms in total. The highest BCUT2D eigenvalue weighted by molar-refractivity contribution is 7.89. The first-order valence-corrected chi connectivity index (χ1v) is 10.2. The molecule has 3 N–H and O–H groups in total. The fourth-order valence-electron chi connectivity index (χ4n) is 2.65. The second-order valence-corrected chi connectivity index (χ2v) is 9.03. The van der Waals surface area contributed by atoms with Gasteiger partial charge in [-0.15, -0.1) is 0 Å². The van der Waals surface area contributed by atoms with Crippen LogP contribution in [-0.4, -0.2) is 28.0 Å². The quantitative estimate of drug-likeness (QED) is 0.680. The van der Waals surface area contributed by atoms with Crippen molar-refractivity contribution < 1.29 is 13.2 Å². The lowest BCUT2D eigenvalue weighted by atomic mass is 9.84. The first-order valence-electron chi connectivity index (χ1n) is 8.75. The Kier molecular flexibility index (Phi) is 6.62. The zero-order valence-electron chi connectivity index (χ0n) is 16.2. The van der Waals surface area contributed by atoms with Gasteiger partial charge in [0.05, 0.1) is 4.90 Å². The number of urea groups is 1. The van der Waals surface area contributed by atoms with Crippen LogP contribution in [0, 0.1) is 6.92 Å². The van der Waals surface area contributed by atoms with Gasteiger partial charge in [0.2, 0.25) is 10.0 Å². The third kappa shape index (κ3) is 5.80. The number of nitrogens with one attached hydrogen (secondary N) is 3. The van der Waals surface area contributed by atoms with Crippen molar-refractivity contribution >= 4 is 16.1 Å². The number of amides is 2. The Hall–Kier alpha value is -2.38. The Morgan fingerprint density at radius 3 is 2.41 bits per heavy atom. The van der Waals surface area contributed by atoms with Crippen LogP contribution in [0.3, 0.4) is 0 Å². The third-order valence-electron chi connectivity index (χ3n) is 4.42. The monoisotopic (exact) mass is 389 g/mol. The molecule has 0 aliphatic heterocycles. The van der Waals surface area contributed by atoms with E-state index in [1.54, 1.807) is 18.2 Å². The maximum atomic E-state index is 12.1. The van der Waals surface area contributed by atoms with Crippen LogP contribution < -0.4 is 15.4 Å². The summed E-state index contributed by atoms with van der Waals surface area (Å²) in [6.07, 6.45) is 0. The lowest BCUT2D eigenvalue weighted by Gasteiger charge is -2.26. The highest BCUT2D eigenvalue weighted by Crippen LogP contribution is 2.23. The molecule has 0 radical (unpaired) electrons. The molecule has 2 aromatic carbocycles. The molecule has 0 saturated carbocycles. The van der Waals surface area contributed by atoms with Crippen LogP contribution in [0.4, 0.5) is 4.79 Å². The molecule has 0 aliphatic rings. The van der Waals surface area contributed by atoms with Crippen molar-refractivity contribution in [1.82, 2.24) is 15.4 Å². The normalized spacial score (nSPS) is 11.9. The van der Waals surface area contributed by atoms with E-state index in [4.69, 9.17) is 0 Å². The van der Waals surface area contributed by atoms with Gasteiger partial charge in [-0.1, -0.05) is 55.8 Å². The number of carbonyl (C=O) groups excluding carboxylic acids is 1. The SMILES string of the molecule is CNS(=O)(=O)c1cccc(CNC(=O)NCC(C)(C)c2cccc(C)c2)c1. The smallest absolute Gasteiger partial charge is 0.315 e. The number of hydrogen-bond acceptors (Lipinski definition) is 3. The third-order valence-corrected chi connectivity index (χ3v) is 5.83. The molecule has 0 aromatic heterocycles. The molecule has 2 amide bonds. The summed E-state index contributed by atoms with van der Waals surface area (Å²) in [5, 5.41) is 5.65. The van der Waals surface area contributed by atoms with Gasteiger partial charge in [0.15, 0.2) is 0 Å². The standard InChI is InChI=1S/C20H27N3O3S/c1-15-7-5-9-17(11-15)20(2,3)14-23-19(24)22-13-16-8-6-10-18(12-16)27(25,26)21-4/h5-12,21H,13-14H2,1-4H3,(H2,22,23,24). The topological polar surface area (TPSA) is 87.3 Å². The largest absolute Gasteiger partial charge is 0.337 e. The second-order valence-electron chi connectivity index (χ2n) is 7.14. The Bertz CT molecular complexity index is 908. The summed E-state index contributed by atoms with van der Waals surface area (Å²) in [5.74, 6) is 0. The van der Waals surface area contributed by atoms with Crippen LogP contribution in [0.5, 0.6) is 0 Å². The zero-order valence-corrected chi connectivity index (χ0v) is 17.0. The van der Waals surface area contributed by atoms with Crippen molar-refractivity contribution in [1.29, 1.82) is 0 Å². The molecule has 0 atom stereocenters. The molecule has 0 unspecified atom stereocenters. The molecule has 2 aromatic rings. The number of sulfonamides is 1. The van der Waals surface area contributed by atoms with E-state index >= 15 is 0 Å². The van der Waals surface area contributed by atoms with E-state index in [9.17, 15) is 13.2 Å². The lowest BCUT2D eigenvalue weighted by Crippen LogP contribution is -2.42. The van der Waals surface area contributed by atoms with Gasteiger partial charge in [0.1, 0.15) is 0 Å². The molecule has 0 aliphatic carbocycles. The molecular formula is C20H27N3O3S. The minimum Gasteiger partial charge on any atom is -0.337 e. The summed E-state index contributed by atoms with van der Waals surface area (Å²) in [6, 6.07) is 14.4. The minimum absolute atomic E-state index is 0.172. The fourth-order valence-corrected chi connectivity index (χ4v) is 3.45. The molecule has 146 valence electrons. The Morgan fingerprint density at radius 2 is 1.74 bits per heavy atom. The van der Waals surface area contributed by atoms with Gasteiger partial charge in [-0.3, -0.25) is 0 Å². The molecule has 7 heteroatoms. The average Bonchev–Trinajstić information content (AvgIpc) is 2.65. The Morgan fingerprint density at radius 1 is 1.04 bits per heavy atom. The molecule has 2 rings (SSSR count). The summed E-state index contributed by atoms with van der Waals surface area (Å²) in [6.45, 7) is 6.92. The van der Waals surface area contributed by atoms with Crippen molar-refractivity contribution in [3.05, 3.63) is 65.2 Å². The van der Waals surface area contributed by atoms with Crippen LogP contribution in [0.25, 0.3) is 0 Å². The second kappa shape index (κ2) is 8.54. The number of benzene rings is 2. The summed E-state index contributed by atoms with van der Waals surface area (Å²) >= 11 is 0.